The van der Waals surface area contributed by atoms with Gasteiger partial charge in [-0.25, -0.2) is 4.98 Å². The van der Waals surface area contributed by atoms with E-state index in [0.29, 0.717) is 6.04 Å². The molecule has 2 rings (SSSR count). The molecule has 0 saturated heterocycles. The Morgan fingerprint density at radius 2 is 2.50 bits per heavy atom. The van der Waals surface area contributed by atoms with E-state index in [4.69, 9.17) is 4.98 Å². The number of imidazole rings is 1. The average molecular weight is 239 g/mol. The van der Waals surface area contributed by atoms with Crippen LogP contribution in [0.1, 0.15) is 37.3 Å². The van der Waals surface area contributed by atoms with Gasteiger partial charge in [-0.15, -0.1) is 0 Å². The first-order chi connectivity index (χ1) is 7.85. The van der Waals surface area contributed by atoms with Gasteiger partial charge >= 0.3 is 0 Å². The third kappa shape index (κ3) is 2.61. The maximum atomic E-state index is 4.75. The average Bonchev–Trinajstić information content (AvgIpc) is 2.63. The van der Waals surface area contributed by atoms with Gasteiger partial charge in [0, 0.05) is 12.7 Å². The summed E-state index contributed by atoms with van der Waals surface area (Å²) in [7, 11) is 0. The third-order valence-electron chi connectivity index (χ3n) is 3.11. The number of fused-ring (bicyclic) bond motifs is 1. The first-order valence-corrected chi connectivity index (χ1v) is 7.52. The van der Waals surface area contributed by atoms with Crippen molar-refractivity contribution in [3.63, 3.8) is 0 Å². The van der Waals surface area contributed by atoms with Crippen molar-refractivity contribution < 1.29 is 0 Å². The van der Waals surface area contributed by atoms with Crippen LogP contribution in [0.4, 0.5) is 0 Å². The van der Waals surface area contributed by atoms with Crippen molar-refractivity contribution in [3.05, 3.63) is 17.7 Å². The zero-order valence-corrected chi connectivity index (χ0v) is 11.0. The van der Waals surface area contributed by atoms with Crippen LogP contribution in [-0.4, -0.2) is 28.1 Å². The molecule has 16 heavy (non-hydrogen) atoms. The summed E-state index contributed by atoms with van der Waals surface area (Å²) in [6.07, 6.45) is 7.83. The number of nitrogens with zero attached hydrogens (tertiary/aromatic N) is 2. The van der Waals surface area contributed by atoms with Crippen LogP contribution in [0.5, 0.6) is 0 Å². The van der Waals surface area contributed by atoms with Crippen LogP contribution in [-0.2, 0) is 13.0 Å². The van der Waals surface area contributed by atoms with Crippen LogP contribution >= 0.6 is 11.8 Å². The smallest absolute Gasteiger partial charge is 0.126 e. The van der Waals surface area contributed by atoms with E-state index in [1.165, 1.54) is 30.1 Å². The summed E-state index contributed by atoms with van der Waals surface area (Å²) < 4.78 is 2.35. The maximum absolute atomic E-state index is 4.75. The van der Waals surface area contributed by atoms with Gasteiger partial charge in [0.05, 0.1) is 11.7 Å². The minimum Gasteiger partial charge on any atom is -0.333 e. The fourth-order valence-electron chi connectivity index (χ4n) is 2.20. The summed E-state index contributed by atoms with van der Waals surface area (Å²) in [5.41, 5.74) is 1.23. The lowest BCUT2D eigenvalue weighted by Crippen LogP contribution is -2.22. The zero-order chi connectivity index (χ0) is 11.4. The van der Waals surface area contributed by atoms with Crippen molar-refractivity contribution in [2.45, 2.75) is 38.8 Å². The lowest BCUT2D eigenvalue weighted by Gasteiger charge is -2.14. The molecule has 1 atom stereocenters. The number of hydrogen-bond donors (Lipinski definition) is 1. The number of aromatic nitrogens is 2. The largest absolute Gasteiger partial charge is 0.333 e. The summed E-state index contributed by atoms with van der Waals surface area (Å²) in [6, 6.07) is 0.454. The second kappa shape index (κ2) is 5.73. The van der Waals surface area contributed by atoms with Crippen molar-refractivity contribution in [2.24, 2.45) is 0 Å². The van der Waals surface area contributed by atoms with Gasteiger partial charge in [-0.05, 0) is 37.8 Å². The lowest BCUT2D eigenvalue weighted by atomic mass is 10.2. The Morgan fingerprint density at radius 1 is 1.62 bits per heavy atom. The van der Waals surface area contributed by atoms with Crippen LogP contribution in [0.15, 0.2) is 6.20 Å². The molecular weight excluding hydrogens is 218 g/mol. The standard InChI is InChI=1S/C12H21N3S/c1-3-10-9-15-7-4-6-13-11(5-8-16-2)12(15)14-10/h9,11,13H,3-8H2,1-2H3/t11-/m0/s1. The van der Waals surface area contributed by atoms with Crippen molar-refractivity contribution in [1.29, 1.82) is 0 Å². The molecular formula is C12H21N3S. The van der Waals surface area contributed by atoms with Gasteiger partial charge in [0.2, 0.25) is 0 Å². The highest BCUT2D eigenvalue weighted by molar-refractivity contribution is 7.98. The summed E-state index contributed by atoms with van der Waals surface area (Å²) in [5, 5.41) is 3.61. The van der Waals surface area contributed by atoms with Gasteiger partial charge in [-0.2, -0.15) is 11.8 Å². The number of nitrogens with one attached hydrogen (secondary N) is 1. The van der Waals surface area contributed by atoms with Crippen molar-refractivity contribution in [3.8, 4) is 0 Å². The SMILES string of the molecule is CCc1cn2c(n1)[C@H](CCSC)NCCC2. The Morgan fingerprint density at radius 3 is 3.25 bits per heavy atom. The number of rotatable bonds is 4. The Labute approximate surface area is 102 Å². The fraction of sp³-hybridized carbons (Fsp3) is 0.750. The van der Waals surface area contributed by atoms with Crippen LogP contribution < -0.4 is 5.32 Å². The lowest BCUT2D eigenvalue weighted by molar-refractivity contribution is 0.517. The van der Waals surface area contributed by atoms with Gasteiger partial charge in [0.15, 0.2) is 0 Å². The molecule has 0 fully saturated rings. The molecule has 2 heterocycles. The molecule has 0 aliphatic carbocycles. The van der Waals surface area contributed by atoms with E-state index in [1.54, 1.807) is 0 Å². The third-order valence-corrected chi connectivity index (χ3v) is 3.75. The Kier molecular flexibility index (Phi) is 4.29. The van der Waals surface area contributed by atoms with Crippen LogP contribution in [0.2, 0.25) is 0 Å². The monoisotopic (exact) mass is 239 g/mol. The van der Waals surface area contributed by atoms with Crippen molar-refractivity contribution in [1.82, 2.24) is 14.9 Å². The molecule has 0 bridgehead atoms. The molecule has 0 aromatic carbocycles. The second-order valence-corrected chi connectivity index (χ2v) is 5.26. The molecule has 1 aliphatic rings. The van der Waals surface area contributed by atoms with E-state index in [9.17, 15) is 0 Å². The first-order valence-electron chi connectivity index (χ1n) is 6.13. The summed E-state index contributed by atoms with van der Waals surface area (Å²) >= 11 is 1.91. The molecule has 4 heteroatoms. The number of aryl methyl sites for hydroxylation is 2. The van der Waals surface area contributed by atoms with E-state index in [-0.39, 0.29) is 0 Å². The Balaban J connectivity index is 2.17. The minimum absolute atomic E-state index is 0.454. The fourth-order valence-corrected chi connectivity index (χ4v) is 2.67. The predicted molar refractivity (Wildman–Crippen MR) is 70.0 cm³/mol. The predicted octanol–water partition coefficient (Wildman–Crippen LogP) is 2.23. The normalized spacial score (nSPS) is 20.5. The van der Waals surface area contributed by atoms with E-state index in [1.807, 2.05) is 11.8 Å². The van der Waals surface area contributed by atoms with E-state index >= 15 is 0 Å². The van der Waals surface area contributed by atoms with Gasteiger partial charge in [0.1, 0.15) is 5.82 Å². The van der Waals surface area contributed by atoms with E-state index in [0.717, 1.165) is 19.5 Å². The minimum atomic E-state index is 0.454. The molecule has 0 saturated carbocycles. The van der Waals surface area contributed by atoms with Crippen LogP contribution in [0.3, 0.4) is 0 Å². The molecule has 1 aliphatic heterocycles. The van der Waals surface area contributed by atoms with Gasteiger partial charge in [0.25, 0.3) is 0 Å². The summed E-state index contributed by atoms with van der Waals surface area (Å²) in [6.45, 7) is 4.40. The molecule has 3 nitrogen and oxygen atoms in total. The molecule has 0 radical (unpaired) electrons. The van der Waals surface area contributed by atoms with Crippen molar-refractivity contribution >= 4 is 11.8 Å². The topological polar surface area (TPSA) is 29.9 Å². The number of hydrogen-bond acceptors (Lipinski definition) is 3. The molecule has 0 spiro atoms. The molecule has 0 unspecified atom stereocenters. The summed E-state index contributed by atoms with van der Waals surface area (Å²) in [5.74, 6) is 2.45. The van der Waals surface area contributed by atoms with Gasteiger partial charge < -0.3 is 9.88 Å². The van der Waals surface area contributed by atoms with E-state index < -0.39 is 0 Å². The molecule has 1 aromatic heterocycles. The highest BCUT2D eigenvalue weighted by Gasteiger charge is 2.20. The van der Waals surface area contributed by atoms with E-state index in [2.05, 4.69) is 29.3 Å². The van der Waals surface area contributed by atoms with Crippen molar-refractivity contribution in [2.75, 3.05) is 18.6 Å². The quantitative estimate of drug-likeness (QED) is 0.874. The molecule has 90 valence electrons. The van der Waals surface area contributed by atoms with Gasteiger partial charge in [-0.1, -0.05) is 6.92 Å². The molecule has 0 amide bonds. The second-order valence-electron chi connectivity index (χ2n) is 4.28. The Hall–Kier alpha value is -0.480. The molecule has 1 N–H and O–H groups in total. The summed E-state index contributed by atoms with van der Waals surface area (Å²) in [4.78, 5) is 4.75. The number of thioether (sulfide) groups is 1. The maximum Gasteiger partial charge on any atom is 0.126 e. The zero-order valence-electron chi connectivity index (χ0n) is 10.2. The van der Waals surface area contributed by atoms with Crippen LogP contribution in [0.25, 0.3) is 0 Å². The van der Waals surface area contributed by atoms with Gasteiger partial charge in [-0.3, -0.25) is 0 Å². The highest BCUT2D eigenvalue weighted by Crippen LogP contribution is 2.21. The van der Waals surface area contributed by atoms with Crippen LogP contribution in [0, 0.1) is 0 Å². The Bertz CT molecular complexity index is 335. The first kappa shape index (κ1) is 12.0. The molecule has 1 aromatic rings. The highest BCUT2D eigenvalue weighted by atomic mass is 32.2.